The number of thioether (sulfide) groups is 1. The lowest BCUT2D eigenvalue weighted by Crippen LogP contribution is -2.52. The van der Waals surface area contributed by atoms with Crippen LogP contribution in [0.15, 0.2) is 23.1 Å². The van der Waals surface area contributed by atoms with Gasteiger partial charge in [0.25, 0.3) is 5.91 Å². The Morgan fingerprint density at radius 1 is 1.06 bits per heavy atom. The number of fused-ring (bicyclic) bond motifs is 1. The fourth-order valence-corrected chi connectivity index (χ4v) is 5.42. The molecule has 1 aromatic rings. The van der Waals surface area contributed by atoms with E-state index in [9.17, 15) is 14.4 Å². The minimum Gasteiger partial charge on any atom is -0.379 e. The van der Waals surface area contributed by atoms with E-state index in [1.165, 1.54) is 37.1 Å². The molecule has 4 rings (SSSR count). The van der Waals surface area contributed by atoms with Crippen molar-refractivity contribution in [3.05, 3.63) is 29.3 Å². The summed E-state index contributed by atoms with van der Waals surface area (Å²) in [5, 5.41) is 2.35. The number of imide groups is 1. The molecule has 3 aliphatic heterocycles. The van der Waals surface area contributed by atoms with Crippen LogP contribution in [0.5, 0.6) is 0 Å². The van der Waals surface area contributed by atoms with E-state index in [1.54, 1.807) is 4.90 Å². The first-order valence-electron chi connectivity index (χ1n) is 11.3. The Hall–Kier alpha value is -1.90. The number of hydrogen-bond donors (Lipinski definition) is 1. The van der Waals surface area contributed by atoms with Gasteiger partial charge in [0, 0.05) is 36.5 Å². The lowest BCUT2D eigenvalue weighted by Gasteiger charge is -2.29. The summed E-state index contributed by atoms with van der Waals surface area (Å²) >= 11 is 1.83. The highest BCUT2D eigenvalue weighted by Gasteiger charge is 2.39. The number of piperidine rings is 1. The van der Waals surface area contributed by atoms with Crippen LogP contribution >= 0.6 is 11.8 Å². The predicted octanol–water partition coefficient (Wildman–Crippen LogP) is 2.43. The van der Waals surface area contributed by atoms with Crippen molar-refractivity contribution in [1.29, 1.82) is 0 Å². The van der Waals surface area contributed by atoms with Crippen molar-refractivity contribution in [2.75, 3.05) is 38.6 Å². The average Bonchev–Trinajstić information content (AvgIpc) is 3.09. The summed E-state index contributed by atoms with van der Waals surface area (Å²) in [6.07, 6.45) is 5.62. The van der Waals surface area contributed by atoms with Crippen LogP contribution in [0.3, 0.4) is 0 Å². The number of rotatable bonds is 9. The van der Waals surface area contributed by atoms with Crippen LogP contribution in [0.2, 0.25) is 0 Å². The van der Waals surface area contributed by atoms with Crippen molar-refractivity contribution in [1.82, 2.24) is 15.1 Å². The lowest BCUT2D eigenvalue weighted by molar-refractivity contribution is -0.136. The summed E-state index contributed by atoms with van der Waals surface area (Å²) in [5.41, 5.74) is 1.65. The van der Waals surface area contributed by atoms with Gasteiger partial charge in [0.2, 0.25) is 11.8 Å². The zero-order valence-corrected chi connectivity index (χ0v) is 18.8. The fraction of sp³-hybridized carbons (Fsp3) is 0.609. The van der Waals surface area contributed by atoms with E-state index in [2.05, 4.69) is 16.3 Å². The molecule has 3 heterocycles. The molecule has 1 aromatic carbocycles. The Labute approximate surface area is 187 Å². The number of amides is 3. The van der Waals surface area contributed by atoms with Crippen LogP contribution in [0.1, 0.15) is 54.4 Å². The lowest BCUT2D eigenvalue weighted by atomic mass is 10.0. The van der Waals surface area contributed by atoms with E-state index in [0.29, 0.717) is 18.5 Å². The maximum absolute atomic E-state index is 12.8. The number of carbonyl (C=O) groups is 3. The van der Waals surface area contributed by atoms with Crippen LogP contribution in [0.25, 0.3) is 0 Å². The molecule has 168 valence electrons. The number of ether oxygens (including phenoxy) is 1. The second kappa shape index (κ2) is 10.6. The van der Waals surface area contributed by atoms with E-state index < -0.39 is 6.04 Å². The topological polar surface area (TPSA) is 79.0 Å². The quantitative estimate of drug-likeness (QED) is 0.357. The van der Waals surface area contributed by atoms with Crippen molar-refractivity contribution in [2.24, 2.45) is 0 Å². The van der Waals surface area contributed by atoms with Crippen molar-refractivity contribution in [3.8, 4) is 0 Å². The van der Waals surface area contributed by atoms with Gasteiger partial charge < -0.3 is 9.64 Å². The normalized spacial score (nSPS) is 22.0. The van der Waals surface area contributed by atoms with Crippen LogP contribution in [0.4, 0.5) is 0 Å². The number of hydrogen-bond acceptors (Lipinski definition) is 6. The minimum atomic E-state index is -0.550. The van der Waals surface area contributed by atoms with Gasteiger partial charge >= 0.3 is 0 Å². The van der Waals surface area contributed by atoms with Gasteiger partial charge in [-0.05, 0) is 55.3 Å². The first-order valence-corrected chi connectivity index (χ1v) is 12.3. The average molecular weight is 446 g/mol. The van der Waals surface area contributed by atoms with Crippen LogP contribution in [-0.4, -0.2) is 72.2 Å². The highest BCUT2D eigenvalue weighted by molar-refractivity contribution is 7.99. The maximum Gasteiger partial charge on any atom is 0.255 e. The Bertz CT molecular complexity index is 825. The number of nitrogens with one attached hydrogen (secondary N) is 1. The third-order valence-electron chi connectivity index (χ3n) is 6.24. The Kier molecular flexibility index (Phi) is 7.63. The van der Waals surface area contributed by atoms with Gasteiger partial charge in [0.1, 0.15) is 6.04 Å². The number of benzene rings is 1. The smallest absolute Gasteiger partial charge is 0.255 e. The van der Waals surface area contributed by atoms with Crippen LogP contribution in [0, 0.1) is 0 Å². The molecule has 0 aromatic heterocycles. The summed E-state index contributed by atoms with van der Waals surface area (Å²) in [6, 6.07) is 5.43. The van der Waals surface area contributed by atoms with Gasteiger partial charge in [0.05, 0.1) is 13.2 Å². The second-order valence-electron chi connectivity index (χ2n) is 8.44. The van der Waals surface area contributed by atoms with Crippen LogP contribution in [-0.2, 0) is 20.9 Å². The zero-order chi connectivity index (χ0) is 21.6. The summed E-state index contributed by atoms with van der Waals surface area (Å²) in [6.45, 7) is 5.49. The van der Waals surface area contributed by atoms with Gasteiger partial charge in [-0.25, -0.2) is 0 Å². The molecule has 31 heavy (non-hydrogen) atoms. The predicted molar refractivity (Wildman–Crippen MR) is 119 cm³/mol. The van der Waals surface area contributed by atoms with E-state index in [0.717, 1.165) is 37.6 Å². The van der Waals surface area contributed by atoms with E-state index in [-0.39, 0.29) is 24.1 Å². The van der Waals surface area contributed by atoms with Gasteiger partial charge in [-0.15, -0.1) is 11.8 Å². The molecule has 7 nitrogen and oxygen atoms in total. The summed E-state index contributed by atoms with van der Waals surface area (Å²) in [7, 11) is 0. The van der Waals surface area contributed by atoms with Gasteiger partial charge in [-0.2, -0.15) is 0 Å². The Balaban J connectivity index is 1.19. The molecular weight excluding hydrogens is 414 g/mol. The van der Waals surface area contributed by atoms with Gasteiger partial charge in [0.15, 0.2) is 0 Å². The second-order valence-corrected chi connectivity index (χ2v) is 9.60. The SMILES string of the molecule is O=C1CCC(N2Cc3cc(SCCCCCCN4CCOCC4)ccc3C2=O)C(=O)N1. The molecule has 3 aliphatic rings. The Morgan fingerprint density at radius 2 is 1.87 bits per heavy atom. The number of morpholine rings is 1. The molecule has 1 atom stereocenters. The minimum absolute atomic E-state index is 0.110. The molecule has 1 unspecified atom stereocenters. The molecule has 8 heteroatoms. The molecule has 0 bridgehead atoms. The molecule has 3 amide bonds. The van der Waals surface area contributed by atoms with E-state index in [1.807, 2.05) is 23.9 Å². The highest BCUT2D eigenvalue weighted by Crippen LogP contribution is 2.31. The summed E-state index contributed by atoms with van der Waals surface area (Å²) in [5.74, 6) is 0.341. The molecule has 2 fully saturated rings. The fourth-order valence-electron chi connectivity index (χ4n) is 4.45. The molecule has 1 N–H and O–H groups in total. The van der Waals surface area contributed by atoms with Crippen molar-refractivity contribution in [2.45, 2.75) is 56.0 Å². The number of unbranched alkanes of at least 4 members (excludes halogenated alkanes) is 3. The standard InChI is InChI=1S/C23H31N3O4S/c27-21-8-7-20(22(28)24-21)26-16-17-15-18(5-6-19(17)23(26)29)31-14-4-2-1-3-9-25-10-12-30-13-11-25/h5-6,15,20H,1-4,7-14,16H2,(H,24,27,28). The van der Waals surface area contributed by atoms with E-state index in [4.69, 9.17) is 4.74 Å². The van der Waals surface area contributed by atoms with Crippen molar-refractivity contribution < 1.29 is 19.1 Å². The largest absolute Gasteiger partial charge is 0.379 e. The molecule has 2 saturated heterocycles. The first-order chi connectivity index (χ1) is 15.1. The first kappa shape index (κ1) is 22.3. The molecule has 0 radical (unpaired) electrons. The monoisotopic (exact) mass is 445 g/mol. The molecule has 0 spiro atoms. The van der Waals surface area contributed by atoms with Gasteiger partial charge in [-0.3, -0.25) is 24.6 Å². The third kappa shape index (κ3) is 5.67. The van der Waals surface area contributed by atoms with E-state index >= 15 is 0 Å². The van der Waals surface area contributed by atoms with Gasteiger partial charge in [-0.1, -0.05) is 12.8 Å². The Morgan fingerprint density at radius 3 is 2.68 bits per heavy atom. The van der Waals surface area contributed by atoms with Crippen LogP contribution < -0.4 is 5.32 Å². The summed E-state index contributed by atoms with van der Waals surface area (Å²) < 4.78 is 5.38. The maximum atomic E-state index is 12.8. The van der Waals surface area contributed by atoms with Crippen molar-refractivity contribution in [3.63, 3.8) is 0 Å². The third-order valence-corrected chi connectivity index (χ3v) is 7.32. The highest BCUT2D eigenvalue weighted by atomic mass is 32.2. The molecule has 0 saturated carbocycles. The molecular formula is C23H31N3O4S. The zero-order valence-electron chi connectivity index (χ0n) is 17.9. The summed E-state index contributed by atoms with van der Waals surface area (Å²) in [4.78, 5) is 41.6. The van der Waals surface area contributed by atoms with Crippen molar-refractivity contribution >= 4 is 29.5 Å². The molecule has 0 aliphatic carbocycles. The number of nitrogens with zero attached hydrogens (tertiary/aromatic N) is 2. The number of carbonyl (C=O) groups excluding carboxylic acids is 3.